The smallest absolute Gasteiger partial charge is 0.293 e. The second-order valence-corrected chi connectivity index (χ2v) is 9.33. The van der Waals surface area contributed by atoms with Crippen molar-refractivity contribution in [2.24, 2.45) is 0 Å². The molecule has 5 rings (SSSR count). The van der Waals surface area contributed by atoms with Gasteiger partial charge < -0.3 is 14.4 Å². The molecule has 0 atom stereocenters. The fraction of sp³-hybridized carbons (Fsp3) is 0.143. The summed E-state index contributed by atoms with van der Waals surface area (Å²) >= 11 is 0.948. The van der Waals surface area contributed by atoms with Crippen LogP contribution < -0.4 is 4.74 Å². The third-order valence-electron chi connectivity index (χ3n) is 6.06. The molecule has 7 heteroatoms. The molecular formula is C28H24N2O4S. The van der Waals surface area contributed by atoms with Gasteiger partial charge in [0.25, 0.3) is 11.1 Å². The van der Waals surface area contributed by atoms with Crippen LogP contribution in [0.2, 0.25) is 0 Å². The number of ether oxygens (including phenoxy) is 1. The number of phenols is 1. The standard InChI is InChI=1S/C28H24N2O4S/c1-18-16-21(19(2)30(18)22-10-12-23(31)13-11-22)17-26-27(32)29(28(33)35-26)14-15-34-25-9-5-7-20-6-3-4-8-24(20)25/h3-13,16-17,31H,14-15H2,1-2H3/b26-17-. The normalized spacial score (nSPS) is 14.9. The molecule has 6 nitrogen and oxygen atoms in total. The summed E-state index contributed by atoms with van der Waals surface area (Å²) in [7, 11) is 0. The number of aromatic nitrogens is 1. The van der Waals surface area contributed by atoms with Crippen molar-refractivity contribution in [2.45, 2.75) is 13.8 Å². The van der Waals surface area contributed by atoms with Crippen LogP contribution in [0.1, 0.15) is 17.0 Å². The van der Waals surface area contributed by atoms with Crippen LogP contribution in [-0.2, 0) is 4.79 Å². The highest BCUT2D eigenvalue weighted by Crippen LogP contribution is 2.34. The molecule has 1 saturated heterocycles. The number of rotatable bonds is 6. The molecule has 0 aliphatic carbocycles. The number of nitrogens with zero attached hydrogens (tertiary/aromatic N) is 2. The molecule has 1 fully saturated rings. The van der Waals surface area contributed by atoms with E-state index < -0.39 is 0 Å². The molecular weight excluding hydrogens is 460 g/mol. The number of aromatic hydroxyl groups is 1. The fourth-order valence-electron chi connectivity index (χ4n) is 4.34. The second kappa shape index (κ2) is 9.35. The van der Waals surface area contributed by atoms with Crippen LogP contribution in [-0.4, -0.2) is 38.9 Å². The maximum absolute atomic E-state index is 13.0. The zero-order chi connectivity index (χ0) is 24.5. The van der Waals surface area contributed by atoms with Crippen molar-refractivity contribution in [3.63, 3.8) is 0 Å². The Kier molecular flexibility index (Phi) is 6.09. The monoisotopic (exact) mass is 484 g/mol. The topological polar surface area (TPSA) is 71.8 Å². The SMILES string of the molecule is Cc1cc(/C=C2\SC(=O)N(CCOc3cccc4ccccc34)C2=O)c(C)n1-c1ccc(O)cc1. The highest BCUT2D eigenvalue weighted by atomic mass is 32.2. The summed E-state index contributed by atoms with van der Waals surface area (Å²) < 4.78 is 7.98. The van der Waals surface area contributed by atoms with Gasteiger partial charge in [-0.15, -0.1) is 0 Å². The largest absolute Gasteiger partial charge is 0.508 e. The van der Waals surface area contributed by atoms with Gasteiger partial charge in [-0.3, -0.25) is 14.5 Å². The van der Waals surface area contributed by atoms with Crippen molar-refractivity contribution >= 4 is 39.8 Å². The van der Waals surface area contributed by atoms with E-state index in [1.165, 1.54) is 4.90 Å². The van der Waals surface area contributed by atoms with Crippen LogP contribution in [0.3, 0.4) is 0 Å². The van der Waals surface area contributed by atoms with Crippen molar-refractivity contribution in [1.82, 2.24) is 9.47 Å². The van der Waals surface area contributed by atoms with Crippen molar-refractivity contribution in [1.29, 1.82) is 0 Å². The quantitative estimate of drug-likeness (QED) is 0.337. The third-order valence-corrected chi connectivity index (χ3v) is 6.97. The zero-order valence-corrected chi connectivity index (χ0v) is 20.2. The van der Waals surface area contributed by atoms with Gasteiger partial charge >= 0.3 is 0 Å². The molecule has 1 aromatic heterocycles. The number of carbonyl (C=O) groups excluding carboxylic acids is 2. The predicted octanol–water partition coefficient (Wildman–Crippen LogP) is 6.07. The van der Waals surface area contributed by atoms with Gasteiger partial charge in [0, 0.05) is 22.5 Å². The molecule has 0 spiro atoms. The first-order chi connectivity index (χ1) is 16.9. The lowest BCUT2D eigenvalue weighted by molar-refractivity contribution is -0.123. The molecule has 3 aromatic carbocycles. The molecule has 2 amide bonds. The van der Waals surface area contributed by atoms with E-state index in [2.05, 4.69) is 0 Å². The van der Waals surface area contributed by atoms with E-state index in [0.29, 0.717) is 4.91 Å². The van der Waals surface area contributed by atoms with E-state index in [1.54, 1.807) is 18.2 Å². The van der Waals surface area contributed by atoms with Gasteiger partial charge in [0.2, 0.25) is 0 Å². The zero-order valence-electron chi connectivity index (χ0n) is 19.4. The third kappa shape index (κ3) is 4.42. The van der Waals surface area contributed by atoms with E-state index >= 15 is 0 Å². The van der Waals surface area contributed by atoms with E-state index in [-0.39, 0.29) is 30.0 Å². The van der Waals surface area contributed by atoms with Crippen LogP contribution in [0, 0.1) is 13.8 Å². The summed E-state index contributed by atoms with van der Waals surface area (Å²) in [5.74, 6) is 0.623. The Balaban J connectivity index is 1.31. The summed E-state index contributed by atoms with van der Waals surface area (Å²) in [6.45, 7) is 4.34. The number of phenolic OH excluding ortho intramolecular Hbond substituents is 1. The van der Waals surface area contributed by atoms with Crippen molar-refractivity contribution < 1.29 is 19.4 Å². The van der Waals surface area contributed by atoms with Gasteiger partial charge in [-0.25, -0.2) is 0 Å². The average molecular weight is 485 g/mol. The van der Waals surface area contributed by atoms with E-state index in [1.807, 2.05) is 79.1 Å². The number of hydrogen-bond donors (Lipinski definition) is 1. The molecule has 1 aliphatic rings. The van der Waals surface area contributed by atoms with Gasteiger partial charge in [-0.05, 0) is 79.0 Å². The first kappa shape index (κ1) is 22.8. The Morgan fingerprint density at radius 1 is 0.971 bits per heavy atom. The summed E-state index contributed by atoms with van der Waals surface area (Å²) in [6, 6.07) is 22.7. The highest BCUT2D eigenvalue weighted by molar-refractivity contribution is 8.18. The molecule has 2 heterocycles. The first-order valence-corrected chi connectivity index (χ1v) is 12.1. The molecule has 176 valence electrons. The van der Waals surface area contributed by atoms with Gasteiger partial charge in [0.15, 0.2) is 0 Å². The van der Waals surface area contributed by atoms with Crippen LogP contribution in [0.15, 0.2) is 77.7 Å². The maximum Gasteiger partial charge on any atom is 0.293 e. The molecule has 0 saturated carbocycles. The molecule has 1 N–H and O–H groups in total. The Morgan fingerprint density at radius 2 is 1.71 bits per heavy atom. The molecule has 0 radical (unpaired) electrons. The van der Waals surface area contributed by atoms with Crippen LogP contribution in [0.4, 0.5) is 4.79 Å². The number of imide groups is 1. The average Bonchev–Trinajstić information content (AvgIpc) is 3.28. The summed E-state index contributed by atoms with van der Waals surface area (Å²) in [6.07, 6.45) is 1.77. The molecule has 0 bridgehead atoms. The Hall–Kier alpha value is -3.97. The van der Waals surface area contributed by atoms with Crippen LogP contribution in [0.5, 0.6) is 11.5 Å². The minimum Gasteiger partial charge on any atom is -0.508 e. The molecule has 4 aromatic rings. The lowest BCUT2D eigenvalue weighted by Crippen LogP contribution is -2.32. The minimum absolute atomic E-state index is 0.178. The number of carbonyl (C=O) groups is 2. The number of benzene rings is 3. The molecule has 1 aliphatic heterocycles. The Morgan fingerprint density at radius 3 is 2.51 bits per heavy atom. The lowest BCUT2D eigenvalue weighted by atomic mass is 10.1. The second-order valence-electron chi connectivity index (χ2n) is 8.34. The van der Waals surface area contributed by atoms with E-state index in [9.17, 15) is 14.7 Å². The lowest BCUT2D eigenvalue weighted by Gasteiger charge is -2.14. The van der Waals surface area contributed by atoms with E-state index in [4.69, 9.17) is 4.74 Å². The summed E-state index contributed by atoms with van der Waals surface area (Å²) in [5, 5.41) is 11.4. The molecule has 35 heavy (non-hydrogen) atoms. The van der Waals surface area contributed by atoms with Crippen molar-refractivity contribution in [2.75, 3.05) is 13.2 Å². The number of aryl methyl sites for hydroxylation is 1. The predicted molar refractivity (Wildman–Crippen MR) is 139 cm³/mol. The van der Waals surface area contributed by atoms with E-state index in [0.717, 1.165) is 50.9 Å². The fourth-order valence-corrected chi connectivity index (χ4v) is 5.19. The summed E-state index contributed by atoms with van der Waals surface area (Å²) in [5.41, 5.74) is 3.71. The van der Waals surface area contributed by atoms with Crippen molar-refractivity contribution in [3.8, 4) is 17.2 Å². The first-order valence-electron chi connectivity index (χ1n) is 11.3. The minimum atomic E-state index is -0.309. The number of hydrogen-bond acceptors (Lipinski definition) is 5. The molecule has 0 unspecified atom stereocenters. The van der Waals surface area contributed by atoms with Crippen LogP contribution in [0.25, 0.3) is 22.5 Å². The van der Waals surface area contributed by atoms with Gasteiger partial charge in [-0.2, -0.15) is 0 Å². The number of thioether (sulfide) groups is 1. The highest BCUT2D eigenvalue weighted by Gasteiger charge is 2.35. The van der Waals surface area contributed by atoms with Crippen LogP contribution >= 0.6 is 11.8 Å². The number of amides is 2. The Bertz CT molecular complexity index is 1470. The van der Waals surface area contributed by atoms with Crippen molar-refractivity contribution in [3.05, 3.63) is 94.7 Å². The Labute approximate surface area is 207 Å². The van der Waals surface area contributed by atoms with Gasteiger partial charge in [-0.1, -0.05) is 36.4 Å². The number of fused-ring (bicyclic) bond motifs is 1. The van der Waals surface area contributed by atoms with Gasteiger partial charge in [0.05, 0.1) is 11.4 Å². The maximum atomic E-state index is 13.0. The summed E-state index contributed by atoms with van der Waals surface area (Å²) in [4.78, 5) is 27.2. The van der Waals surface area contributed by atoms with Gasteiger partial charge in [0.1, 0.15) is 18.1 Å².